The minimum absolute atomic E-state index is 0.00150. The summed E-state index contributed by atoms with van der Waals surface area (Å²) in [5.74, 6) is -13.4. The van der Waals surface area contributed by atoms with E-state index < -0.39 is 220 Å². The molecule has 0 aliphatic carbocycles. The third-order valence-corrected chi connectivity index (χ3v) is 22.2. The van der Waals surface area contributed by atoms with Gasteiger partial charge in [-0.3, -0.25) is 38.4 Å². The van der Waals surface area contributed by atoms with Gasteiger partial charge in [0.1, 0.15) is 95.5 Å². The molecule has 7 aliphatic heterocycles. The van der Waals surface area contributed by atoms with Crippen molar-refractivity contribution in [2.24, 2.45) is 17.4 Å². The molecule has 2 fully saturated rings. The van der Waals surface area contributed by atoms with E-state index in [-0.39, 0.29) is 69.6 Å². The van der Waals surface area contributed by atoms with Crippen LogP contribution in [0.2, 0.25) is 10.0 Å². The highest BCUT2D eigenvalue weighted by molar-refractivity contribution is 8.76. The molecule has 12 rings (SSSR count). The molecule has 0 unspecified atom stereocenters. The summed E-state index contributed by atoms with van der Waals surface area (Å²) in [5.41, 5.74) is 8.70. The molecule has 5 aromatic rings. The van der Waals surface area contributed by atoms with Crippen molar-refractivity contribution in [2.45, 2.75) is 156 Å². The molecule has 5 aromatic carbocycles. The summed E-state index contributed by atoms with van der Waals surface area (Å²) in [7, 11) is 10.6. The van der Waals surface area contributed by atoms with Crippen LogP contribution in [-0.2, 0) is 52.6 Å². The van der Waals surface area contributed by atoms with Crippen molar-refractivity contribution >= 4 is 92.0 Å². The van der Waals surface area contributed by atoms with E-state index in [1.807, 2.05) is 35.0 Å². The Balaban J connectivity index is 1.20. The Morgan fingerprint density at radius 3 is 1.94 bits per heavy atom. The predicted molar refractivity (Wildman–Crippen MR) is 402 cm³/mol. The van der Waals surface area contributed by atoms with Gasteiger partial charge in [-0.05, 0) is 116 Å². The first-order chi connectivity index (χ1) is 52.3. The third-order valence-electron chi connectivity index (χ3n) is 19.2. The number of nitrogens with one attached hydrogen (secondary N) is 8. The van der Waals surface area contributed by atoms with Crippen molar-refractivity contribution in [2.75, 3.05) is 59.4 Å². The first kappa shape index (κ1) is 84.9. The second-order valence-corrected chi connectivity index (χ2v) is 32.8. The number of ether oxygens (including phenoxy) is 6. The van der Waals surface area contributed by atoms with Crippen molar-refractivity contribution in [3.05, 3.63) is 117 Å². The Morgan fingerprint density at radius 2 is 1.33 bits per heavy atom. The van der Waals surface area contributed by atoms with Gasteiger partial charge in [-0.15, -0.1) is 0 Å². The van der Waals surface area contributed by atoms with Crippen LogP contribution in [0.4, 0.5) is 0 Å². The number of aliphatic hydroxyl groups excluding tert-OH is 6. The van der Waals surface area contributed by atoms with Crippen molar-refractivity contribution in [3.63, 3.8) is 0 Å². The fourth-order valence-corrected chi connectivity index (χ4v) is 15.9. The number of phenols is 3. The Morgan fingerprint density at radius 1 is 0.721 bits per heavy atom. The van der Waals surface area contributed by atoms with E-state index in [4.69, 9.17) is 63.1 Å². The summed E-state index contributed by atoms with van der Waals surface area (Å²) in [6.07, 6.45) is -18.5. The average molecular weight is 1630 g/mol. The molecule has 7 heterocycles. The zero-order valence-corrected chi connectivity index (χ0v) is 64.6. The number of benzene rings is 5. The van der Waals surface area contributed by atoms with Gasteiger partial charge in [0.15, 0.2) is 23.9 Å². The maximum Gasteiger partial charge on any atom is 0.248 e. The number of carbonyl (C=O) groups excluding carboxylic acids is 8. The molecule has 0 aromatic heterocycles. The number of hydrogen-bond donors (Lipinski definition) is 19. The Hall–Kier alpha value is -8.54. The van der Waals surface area contributed by atoms with E-state index in [9.17, 15) is 65.1 Å². The molecule has 0 radical (unpaired) electrons. The molecule has 38 heteroatoms. The fraction of sp³-hybridized carbons (Fsp3) is 0.479. The highest BCUT2D eigenvalue weighted by Gasteiger charge is 2.52. The zero-order valence-electron chi connectivity index (χ0n) is 61.5. The maximum absolute atomic E-state index is 16.2. The predicted octanol–water partition coefficient (Wildman–Crippen LogP) is 1.23. The van der Waals surface area contributed by atoms with Crippen molar-refractivity contribution in [1.82, 2.24) is 42.5 Å². The number of quaternary nitrogens is 1. The number of rotatable bonds is 20. The van der Waals surface area contributed by atoms with Crippen LogP contribution in [-0.4, -0.2) is 236 Å². The largest absolute Gasteiger partial charge is 0.508 e. The van der Waals surface area contributed by atoms with Gasteiger partial charge in [0.05, 0.1) is 74.8 Å². The summed E-state index contributed by atoms with van der Waals surface area (Å²) in [5, 5.41) is 125. The molecule has 8 amide bonds. The van der Waals surface area contributed by atoms with Crippen molar-refractivity contribution in [1.29, 1.82) is 0 Å². The number of fused-ring (bicyclic) bond motifs is 15. The average Bonchev–Trinajstić information content (AvgIpc) is 0.768. The number of amides is 8. The number of halogens is 2. The quantitative estimate of drug-likeness (QED) is 0.0296. The number of aliphatic hydroxyl groups is 6. The van der Waals surface area contributed by atoms with Gasteiger partial charge in [-0.1, -0.05) is 76.8 Å². The van der Waals surface area contributed by atoms with E-state index >= 15 is 19.2 Å². The molecule has 0 spiro atoms. The topological polar surface area (TPSA) is 522 Å². The van der Waals surface area contributed by atoms with Gasteiger partial charge in [-0.2, -0.15) is 0 Å². The molecule has 21 N–H and O–H groups in total. The van der Waals surface area contributed by atoms with Crippen LogP contribution < -0.4 is 68.2 Å². The number of nitrogens with two attached hydrogens (primary N) is 2. The van der Waals surface area contributed by atoms with E-state index in [1.54, 1.807) is 10.8 Å². The molecule has 111 heavy (non-hydrogen) atoms. The maximum atomic E-state index is 16.2. The number of nitrogens with zero attached hydrogens (tertiary/aromatic N) is 1. The second kappa shape index (κ2) is 35.7. The van der Waals surface area contributed by atoms with Crippen LogP contribution in [0.15, 0.2) is 78.9 Å². The number of aromatic hydroxyl groups is 3. The highest BCUT2D eigenvalue weighted by atomic mass is 35.5. The molecule has 7 aliphatic rings. The number of carbonyl (C=O) groups is 8. The van der Waals surface area contributed by atoms with Crippen LogP contribution in [0.25, 0.3) is 11.1 Å². The second-order valence-electron chi connectivity index (χ2n) is 29.3. The number of primary amides is 1. The summed E-state index contributed by atoms with van der Waals surface area (Å²) in [6, 6.07) is 0.549. The van der Waals surface area contributed by atoms with Gasteiger partial charge in [0.2, 0.25) is 59.3 Å². The fourth-order valence-electron chi connectivity index (χ4n) is 13.3. The van der Waals surface area contributed by atoms with E-state index in [0.29, 0.717) is 10.2 Å². The number of hydrogen-bond acceptors (Lipinski definition) is 27. The summed E-state index contributed by atoms with van der Waals surface area (Å²) in [6.45, 7) is 6.53. The van der Waals surface area contributed by atoms with E-state index in [1.165, 1.54) is 56.0 Å². The molecule has 602 valence electrons. The van der Waals surface area contributed by atoms with Gasteiger partial charge in [-0.25, -0.2) is 0 Å². The summed E-state index contributed by atoms with van der Waals surface area (Å²) < 4.78 is 39.3. The van der Waals surface area contributed by atoms with Crippen molar-refractivity contribution < 1.29 is 117 Å². The van der Waals surface area contributed by atoms with E-state index in [0.717, 1.165) is 66.9 Å². The number of likely N-dealkylation sites (N-methyl/N-ethyl adjacent to an activating group) is 1. The normalized spacial score (nSPS) is 28.0. The molecule has 18 atom stereocenters. The zero-order chi connectivity index (χ0) is 81.0. The van der Waals surface area contributed by atoms with Gasteiger partial charge < -0.3 is 133 Å². The first-order valence-corrected chi connectivity index (χ1v) is 38.6. The number of phenolic OH excluding ortho intramolecular Hbond substituents is 3. The van der Waals surface area contributed by atoms with Gasteiger partial charge >= 0.3 is 0 Å². The van der Waals surface area contributed by atoms with E-state index in [2.05, 4.69) is 42.5 Å². The first-order valence-electron chi connectivity index (χ1n) is 35.4. The van der Waals surface area contributed by atoms with Crippen molar-refractivity contribution in [3.8, 4) is 57.1 Å². The lowest BCUT2D eigenvalue weighted by atomic mass is 9.86. The lowest BCUT2D eigenvalue weighted by Gasteiger charge is -2.47. The molecule has 11 bridgehead atoms. The summed E-state index contributed by atoms with van der Waals surface area (Å²) in [4.78, 5) is 120. The molecular weight excluding hydrogens is 1530 g/mol. The van der Waals surface area contributed by atoms with Gasteiger partial charge in [0, 0.05) is 41.5 Å². The Kier molecular flexibility index (Phi) is 27.3. The lowest BCUT2D eigenvalue weighted by Crippen LogP contribution is -2.64. The molecule has 0 saturated carbocycles. The Bertz CT molecular complexity index is 4330. The van der Waals surface area contributed by atoms with Crippen LogP contribution in [0, 0.1) is 5.92 Å². The minimum Gasteiger partial charge on any atom is -0.508 e. The minimum atomic E-state index is -2.33. The smallest absolute Gasteiger partial charge is 0.248 e. The molecule has 2 saturated heterocycles. The van der Waals surface area contributed by atoms with Crippen LogP contribution in [0.1, 0.15) is 105 Å². The standard InChI is InChI=1S/C73H91Cl2N11O23S2/c1-30(2)19-41(78-5)65(97)84-56-58(92)33-10-13-45(39(74)21-33)105-47-23-35-24-48(62(47)109-72-63(61(95)60(94)49(29-87)107-72)108-51-28-73(4,77)64(96)31(3)104-51)106-46-14-11-34(22-40(46)75)59(93)57-71(103)83-55(67(99)79-15-17-110-111-18-16-86(6,7)8)38-25-36(88)26-44(90)52(38)37-20-32(9-12-43(37)89)53(68(100)85-57)82-69(101)54(35)81-66(98)42(27-50(76)91)80-70(56)102/h9-14,20-26,30-31,41-42,49,51,53-61,63-64,72,78,87,92-96H,15-19,27-29,77H2,1-8H3,(H11-,76,79,80,81,82,83,84,85,88,89,90,91,97,98,99,100,101,102,103)/p+1/t31-,41+,42-,49+,51-,53+,54+,55-,56+,57-,58+,59+,60+,61-,63+,64+,72-,73-/m0/s1. The highest BCUT2D eigenvalue weighted by Crippen LogP contribution is 2.50. The molecule has 34 nitrogen and oxygen atoms in total. The monoisotopic (exact) mass is 1620 g/mol. The van der Waals surface area contributed by atoms with Crippen LogP contribution in [0.3, 0.4) is 0 Å². The summed E-state index contributed by atoms with van der Waals surface area (Å²) >= 11 is 14.3. The van der Waals surface area contributed by atoms with Gasteiger partial charge in [0.25, 0.3) is 0 Å². The van der Waals surface area contributed by atoms with Crippen LogP contribution in [0.5, 0.6) is 46.0 Å². The Labute approximate surface area is 655 Å². The lowest BCUT2D eigenvalue weighted by molar-refractivity contribution is -0.867. The third kappa shape index (κ3) is 19.9. The molecular formula is C73H92Cl2N11O23S2+. The van der Waals surface area contributed by atoms with Crippen LogP contribution >= 0.6 is 44.8 Å². The SMILES string of the molecule is CN[C@H](CC(C)C)C(=O)N[C@H]1C(=O)N[C@@H](CC(N)=O)C(=O)N[C@H]2C(=O)N[C@H]3C(=O)N[C@H](C(=O)N[C@H](C(=O)NCCSSCC[N+](C)(C)C)c4cc(O)cc(O)c4-c4cc3ccc4O)[C@H](O)c3ccc(c(Cl)c3)Oc3cc2cc(c3O[C@@H]2O[C@H](CO)[C@@H](O)[C@H](O)[C@H]2O[C@H]2C[C@](C)(N)[C@H](O)[C@H](C)O2)Oc2ccc(cc2Cl)[C@H]1O.